The van der Waals surface area contributed by atoms with Crippen LogP contribution >= 0.6 is 22.6 Å². The Hall–Kier alpha value is -3.37. The maximum Gasteiger partial charge on any atom is 0.0467 e. The minimum absolute atomic E-state index is 0.990. The van der Waals surface area contributed by atoms with Gasteiger partial charge < -0.3 is 4.90 Å². The SMILES string of the molecule is Cc1cc(I)cc(C)c1-c1c(C)cc(N(c2ccccc2)c2ccc3c(c2)Cc2ccccc2-3)cc1C. The summed E-state index contributed by atoms with van der Waals surface area (Å²) in [5.41, 5.74) is 17.1. The Morgan fingerprint density at radius 2 is 1.08 bits per heavy atom. The van der Waals surface area contributed by atoms with E-state index < -0.39 is 0 Å². The summed E-state index contributed by atoms with van der Waals surface area (Å²) in [6.07, 6.45) is 0.990. The summed E-state index contributed by atoms with van der Waals surface area (Å²) in [4.78, 5) is 2.40. The van der Waals surface area contributed by atoms with Crippen molar-refractivity contribution in [2.75, 3.05) is 4.90 Å². The second kappa shape index (κ2) is 9.50. The van der Waals surface area contributed by atoms with Crippen molar-refractivity contribution < 1.29 is 0 Å². The van der Waals surface area contributed by atoms with Crippen molar-refractivity contribution >= 4 is 39.7 Å². The van der Waals surface area contributed by atoms with Crippen molar-refractivity contribution in [3.05, 3.63) is 134 Å². The molecule has 182 valence electrons. The summed E-state index contributed by atoms with van der Waals surface area (Å²) in [5.74, 6) is 0. The summed E-state index contributed by atoms with van der Waals surface area (Å²) < 4.78 is 1.29. The van der Waals surface area contributed by atoms with Crippen molar-refractivity contribution in [3.8, 4) is 22.3 Å². The molecular weight excluding hydrogens is 561 g/mol. The zero-order valence-corrected chi connectivity index (χ0v) is 23.9. The number of benzene rings is 5. The lowest BCUT2D eigenvalue weighted by Gasteiger charge is -2.28. The Bertz CT molecular complexity index is 1600. The van der Waals surface area contributed by atoms with E-state index in [1.165, 1.54) is 76.3 Å². The molecule has 0 N–H and O–H groups in total. The Morgan fingerprint density at radius 1 is 0.514 bits per heavy atom. The first-order valence-electron chi connectivity index (χ1n) is 12.9. The van der Waals surface area contributed by atoms with Crippen molar-refractivity contribution in [3.63, 3.8) is 0 Å². The first-order valence-corrected chi connectivity index (χ1v) is 13.9. The highest BCUT2D eigenvalue weighted by Crippen LogP contribution is 2.43. The fraction of sp³-hybridized carbons (Fsp3) is 0.143. The molecule has 1 aliphatic rings. The van der Waals surface area contributed by atoms with Crippen LogP contribution in [0.2, 0.25) is 0 Å². The third kappa shape index (κ3) is 4.27. The van der Waals surface area contributed by atoms with Crippen LogP contribution in [0.5, 0.6) is 0 Å². The number of halogens is 1. The second-order valence-electron chi connectivity index (χ2n) is 10.2. The summed E-state index contributed by atoms with van der Waals surface area (Å²) in [6.45, 7) is 8.97. The van der Waals surface area contributed by atoms with Gasteiger partial charge in [0.05, 0.1) is 0 Å². The number of para-hydroxylation sites is 1. The highest BCUT2D eigenvalue weighted by atomic mass is 127. The van der Waals surface area contributed by atoms with E-state index in [4.69, 9.17) is 0 Å². The highest BCUT2D eigenvalue weighted by molar-refractivity contribution is 14.1. The van der Waals surface area contributed by atoms with Gasteiger partial charge in [0.1, 0.15) is 0 Å². The van der Waals surface area contributed by atoms with E-state index in [1.54, 1.807) is 0 Å². The van der Waals surface area contributed by atoms with Gasteiger partial charge in [-0.25, -0.2) is 0 Å². The fourth-order valence-electron chi connectivity index (χ4n) is 6.06. The van der Waals surface area contributed by atoms with Gasteiger partial charge in [0.25, 0.3) is 0 Å². The van der Waals surface area contributed by atoms with Gasteiger partial charge in [0.15, 0.2) is 0 Å². The summed E-state index contributed by atoms with van der Waals surface area (Å²) in [6, 6.07) is 35.8. The molecule has 0 spiro atoms. The number of fused-ring (bicyclic) bond motifs is 3. The van der Waals surface area contributed by atoms with Crippen molar-refractivity contribution in [2.24, 2.45) is 0 Å². The van der Waals surface area contributed by atoms with E-state index in [9.17, 15) is 0 Å². The van der Waals surface area contributed by atoms with Gasteiger partial charge in [-0.2, -0.15) is 0 Å². The molecule has 0 atom stereocenters. The van der Waals surface area contributed by atoms with Crippen molar-refractivity contribution in [2.45, 2.75) is 34.1 Å². The smallest absolute Gasteiger partial charge is 0.0467 e. The number of nitrogens with zero attached hydrogens (tertiary/aromatic N) is 1. The van der Waals surface area contributed by atoms with Crippen LogP contribution in [-0.2, 0) is 6.42 Å². The van der Waals surface area contributed by atoms with Gasteiger partial charge in [0.2, 0.25) is 0 Å². The zero-order valence-electron chi connectivity index (χ0n) is 21.8. The maximum atomic E-state index is 2.42. The first kappa shape index (κ1) is 24.0. The molecule has 0 aromatic heterocycles. The monoisotopic (exact) mass is 591 g/mol. The third-order valence-corrected chi connectivity index (χ3v) is 8.20. The molecule has 0 fully saturated rings. The molecule has 0 heterocycles. The molecular formula is C35H30IN. The zero-order chi connectivity index (χ0) is 25.7. The van der Waals surface area contributed by atoms with Crippen molar-refractivity contribution in [1.29, 1.82) is 0 Å². The molecule has 0 aliphatic heterocycles. The highest BCUT2D eigenvalue weighted by Gasteiger charge is 2.22. The quantitative estimate of drug-likeness (QED) is 0.185. The standard InChI is InChI=1S/C35H30IN/c1-22-16-28(36)17-23(2)34(22)35-24(3)18-31(19-25(35)4)37(29-11-6-5-7-12-29)30-14-15-33-27(21-30)20-26-10-8-9-13-32(26)33/h5-19,21H,20H2,1-4H3. The van der Waals surface area contributed by atoms with Crippen LogP contribution in [0.1, 0.15) is 33.4 Å². The normalized spacial score (nSPS) is 11.8. The predicted molar refractivity (Wildman–Crippen MR) is 166 cm³/mol. The van der Waals surface area contributed by atoms with Crippen LogP contribution in [0.15, 0.2) is 97.1 Å². The molecule has 37 heavy (non-hydrogen) atoms. The summed E-state index contributed by atoms with van der Waals surface area (Å²) in [5, 5.41) is 0. The van der Waals surface area contributed by atoms with E-state index >= 15 is 0 Å². The lowest BCUT2D eigenvalue weighted by Crippen LogP contribution is -2.11. The Balaban J connectivity index is 1.49. The number of aryl methyl sites for hydroxylation is 4. The predicted octanol–water partition coefficient (Wildman–Crippen LogP) is 10.2. The minimum Gasteiger partial charge on any atom is -0.310 e. The lowest BCUT2D eigenvalue weighted by atomic mass is 9.89. The van der Waals surface area contributed by atoms with E-state index in [1.807, 2.05) is 0 Å². The molecule has 0 radical (unpaired) electrons. The molecule has 1 nitrogen and oxygen atoms in total. The van der Waals surface area contributed by atoms with Crippen LogP contribution < -0.4 is 4.90 Å². The first-order chi connectivity index (χ1) is 17.9. The van der Waals surface area contributed by atoms with Crippen LogP contribution in [0, 0.1) is 31.3 Å². The van der Waals surface area contributed by atoms with Gasteiger partial charge in [-0.1, -0.05) is 48.5 Å². The molecule has 0 unspecified atom stereocenters. The average Bonchev–Trinajstić information content (AvgIpc) is 3.24. The molecule has 0 saturated heterocycles. The van der Waals surface area contributed by atoms with Gasteiger partial charge in [-0.3, -0.25) is 0 Å². The van der Waals surface area contributed by atoms with E-state index in [2.05, 4.69) is 152 Å². The van der Waals surface area contributed by atoms with Gasteiger partial charge in [-0.15, -0.1) is 0 Å². The Kier molecular flexibility index (Phi) is 6.16. The van der Waals surface area contributed by atoms with Crippen LogP contribution in [0.25, 0.3) is 22.3 Å². The number of hydrogen-bond acceptors (Lipinski definition) is 1. The molecule has 1 aliphatic carbocycles. The average molecular weight is 592 g/mol. The van der Waals surface area contributed by atoms with E-state index in [-0.39, 0.29) is 0 Å². The summed E-state index contributed by atoms with van der Waals surface area (Å²) >= 11 is 2.42. The molecule has 5 aromatic carbocycles. The Morgan fingerprint density at radius 3 is 1.76 bits per heavy atom. The maximum absolute atomic E-state index is 2.42. The van der Waals surface area contributed by atoms with Crippen LogP contribution in [-0.4, -0.2) is 0 Å². The number of hydrogen-bond donors (Lipinski definition) is 0. The molecule has 0 bridgehead atoms. The molecule has 0 saturated carbocycles. The lowest BCUT2D eigenvalue weighted by molar-refractivity contribution is 1.22. The van der Waals surface area contributed by atoms with Gasteiger partial charge >= 0.3 is 0 Å². The van der Waals surface area contributed by atoms with E-state index in [0.29, 0.717) is 0 Å². The van der Waals surface area contributed by atoms with E-state index in [0.717, 1.165) is 6.42 Å². The molecule has 6 rings (SSSR count). The van der Waals surface area contributed by atoms with Gasteiger partial charge in [0, 0.05) is 20.6 Å². The molecule has 5 aromatic rings. The molecule has 0 amide bonds. The largest absolute Gasteiger partial charge is 0.310 e. The Labute approximate surface area is 234 Å². The van der Waals surface area contributed by atoms with Gasteiger partial charge in [-0.05, 0) is 161 Å². The number of anilines is 3. The minimum atomic E-state index is 0.990. The van der Waals surface area contributed by atoms with Crippen LogP contribution in [0.3, 0.4) is 0 Å². The molecule has 2 heteroatoms. The fourth-order valence-corrected chi connectivity index (χ4v) is 7.00. The summed E-state index contributed by atoms with van der Waals surface area (Å²) in [7, 11) is 0. The topological polar surface area (TPSA) is 3.24 Å². The third-order valence-electron chi connectivity index (χ3n) is 7.57. The second-order valence-corrected chi connectivity index (χ2v) is 11.5. The number of rotatable bonds is 4. The van der Waals surface area contributed by atoms with Crippen LogP contribution in [0.4, 0.5) is 17.1 Å². The van der Waals surface area contributed by atoms with Crippen molar-refractivity contribution in [1.82, 2.24) is 0 Å².